The van der Waals surface area contributed by atoms with E-state index >= 15 is 0 Å². The van der Waals surface area contributed by atoms with Gasteiger partial charge >= 0.3 is 0 Å². The molecule has 0 unspecified atom stereocenters. The minimum absolute atomic E-state index is 0.156. The third kappa shape index (κ3) is 3.45. The lowest BCUT2D eigenvalue weighted by atomic mass is 10.3. The first-order valence-corrected chi connectivity index (χ1v) is 6.79. The lowest BCUT2D eigenvalue weighted by Gasteiger charge is -2.08. The van der Waals surface area contributed by atoms with E-state index in [0.717, 1.165) is 18.7 Å². The van der Waals surface area contributed by atoms with Crippen molar-refractivity contribution in [2.24, 2.45) is 0 Å². The lowest BCUT2D eigenvalue weighted by Crippen LogP contribution is -2.24. The Morgan fingerprint density at radius 1 is 1.55 bits per heavy atom. The van der Waals surface area contributed by atoms with Crippen molar-refractivity contribution in [2.75, 3.05) is 11.9 Å². The first-order valence-electron chi connectivity index (χ1n) is 5.99. The van der Waals surface area contributed by atoms with Crippen LogP contribution < -0.4 is 10.9 Å². The van der Waals surface area contributed by atoms with Crippen LogP contribution in [-0.2, 0) is 13.0 Å². The number of nitrogens with one attached hydrogen (secondary N) is 2. The van der Waals surface area contributed by atoms with E-state index in [9.17, 15) is 4.79 Å². The molecule has 2 aromatic rings. The predicted molar refractivity (Wildman–Crippen MR) is 78.2 cm³/mol. The Bertz CT molecular complexity index is 658. The van der Waals surface area contributed by atoms with E-state index in [0.29, 0.717) is 16.7 Å². The molecule has 2 rings (SSSR count). The maximum Gasteiger partial charge on any atom is 0.284 e. The van der Waals surface area contributed by atoms with Crippen LogP contribution in [0.2, 0.25) is 0 Å². The molecule has 7 nitrogen and oxygen atoms in total. The van der Waals surface area contributed by atoms with Gasteiger partial charge in [0.2, 0.25) is 0 Å². The molecule has 20 heavy (non-hydrogen) atoms. The highest BCUT2D eigenvalue weighted by Gasteiger charge is 2.07. The van der Waals surface area contributed by atoms with Gasteiger partial charge in [0.05, 0.1) is 11.9 Å². The molecule has 0 atom stereocenters. The van der Waals surface area contributed by atoms with Gasteiger partial charge < -0.3 is 5.32 Å². The minimum atomic E-state index is -0.247. The zero-order valence-corrected chi connectivity index (χ0v) is 12.2. The van der Waals surface area contributed by atoms with Crippen molar-refractivity contribution in [1.29, 1.82) is 0 Å². The van der Waals surface area contributed by atoms with Crippen LogP contribution in [0, 0.1) is 12.3 Å². The topological polar surface area (TPSA) is 88.5 Å². The molecule has 104 valence electrons. The maximum absolute atomic E-state index is 11.9. The quantitative estimate of drug-likeness (QED) is 0.601. The van der Waals surface area contributed by atoms with Crippen LogP contribution in [0.25, 0.3) is 0 Å². The minimum Gasteiger partial charge on any atom is -0.383 e. The van der Waals surface area contributed by atoms with Gasteiger partial charge in [-0.25, -0.2) is 9.67 Å². The number of aromatic nitrogens is 5. The van der Waals surface area contributed by atoms with Crippen molar-refractivity contribution in [3.8, 4) is 12.3 Å². The molecule has 0 aliphatic carbocycles. The Labute approximate surface area is 123 Å². The number of nitrogens with zero attached hydrogens (tertiary/aromatic N) is 4. The standard InChI is InChI=1S/C12H13BrN6O/c1-2-6-19-12(20)11(13)9(7-17-19)14-5-3-4-10-15-8-16-18-10/h1,7-8,14H,3-6H2,(H,15,16,18). The van der Waals surface area contributed by atoms with Gasteiger partial charge in [-0.1, -0.05) is 5.92 Å². The smallest absolute Gasteiger partial charge is 0.284 e. The van der Waals surface area contributed by atoms with E-state index in [1.807, 2.05) is 0 Å². The van der Waals surface area contributed by atoms with Crippen molar-refractivity contribution in [1.82, 2.24) is 25.0 Å². The average Bonchev–Trinajstić information content (AvgIpc) is 2.95. The molecule has 2 aromatic heterocycles. The summed E-state index contributed by atoms with van der Waals surface area (Å²) in [6.45, 7) is 0.850. The second kappa shape index (κ2) is 6.86. The van der Waals surface area contributed by atoms with Crippen molar-refractivity contribution in [3.05, 3.63) is 33.2 Å². The normalized spacial score (nSPS) is 10.2. The van der Waals surface area contributed by atoms with Crippen molar-refractivity contribution < 1.29 is 0 Å². The molecular formula is C12H13BrN6O. The zero-order valence-electron chi connectivity index (χ0n) is 10.6. The van der Waals surface area contributed by atoms with Crippen LogP contribution in [0.5, 0.6) is 0 Å². The molecular weight excluding hydrogens is 324 g/mol. The molecule has 8 heteroatoms. The lowest BCUT2D eigenvalue weighted by molar-refractivity contribution is 0.659. The fourth-order valence-corrected chi connectivity index (χ4v) is 2.06. The van der Waals surface area contributed by atoms with Gasteiger partial charge in [-0.15, -0.1) is 6.42 Å². The Hall–Kier alpha value is -2.14. The number of aromatic amines is 1. The summed E-state index contributed by atoms with van der Waals surface area (Å²) in [5, 5.41) is 13.7. The van der Waals surface area contributed by atoms with Crippen LogP contribution >= 0.6 is 15.9 Å². The molecule has 2 N–H and O–H groups in total. The Kier molecular flexibility index (Phi) is 4.90. The molecule has 0 saturated carbocycles. The van der Waals surface area contributed by atoms with E-state index in [2.05, 4.69) is 47.4 Å². The summed E-state index contributed by atoms with van der Waals surface area (Å²) in [6, 6.07) is 0. The van der Waals surface area contributed by atoms with Crippen LogP contribution in [-0.4, -0.2) is 31.5 Å². The van der Waals surface area contributed by atoms with Gasteiger partial charge in [-0.05, 0) is 22.4 Å². The third-order valence-electron chi connectivity index (χ3n) is 2.60. The second-order valence-electron chi connectivity index (χ2n) is 4.00. The molecule has 0 amide bonds. The second-order valence-corrected chi connectivity index (χ2v) is 4.79. The molecule has 0 fully saturated rings. The molecule has 0 aromatic carbocycles. The highest BCUT2D eigenvalue weighted by atomic mass is 79.9. The fourth-order valence-electron chi connectivity index (χ4n) is 1.62. The summed E-state index contributed by atoms with van der Waals surface area (Å²) >= 11 is 3.26. The third-order valence-corrected chi connectivity index (χ3v) is 3.36. The molecule has 0 radical (unpaired) electrons. The fraction of sp³-hybridized carbons (Fsp3) is 0.333. The van der Waals surface area contributed by atoms with Crippen molar-refractivity contribution in [2.45, 2.75) is 19.4 Å². The summed E-state index contributed by atoms with van der Waals surface area (Å²) < 4.78 is 1.66. The SMILES string of the molecule is C#CCn1ncc(NCCCc2ncn[nH]2)c(Br)c1=O. The van der Waals surface area contributed by atoms with Gasteiger partial charge in [0.1, 0.15) is 23.2 Å². The van der Waals surface area contributed by atoms with Gasteiger partial charge in [0, 0.05) is 13.0 Å². The number of halogens is 1. The number of hydrogen-bond acceptors (Lipinski definition) is 5. The van der Waals surface area contributed by atoms with E-state index in [-0.39, 0.29) is 12.1 Å². The summed E-state index contributed by atoms with van der Waals surface area (Å²) in [5.74, 6) is 3.22. The number of rotatable bonds is 6. The van der Waals surface area contributed by atoms with E-state index in [1.54, 1.807) is 6.20 Å². The predicted octanol–water partition coefficient (Wildman–Crippen LogP) is 0.802. The number of terminal acetylenes is 1. The monoisotopic (exact) mass is 336 g/mol. The van der Waals surface area contributed by atoms with Crippen molar-refractivity contribution in [3.63, 3.8) is 0 Å². The maximum atomic E-state index is 11.9. The first kappa shape index (κ1) is 14.3. The Morgan fingerprint density at radius 2 is 2.40 bits per heavy atom. The summed E-state index contributed by atoms with van der Waals surface area (Å²) in [4.78, 5) is 15.9. The van der Waals surface area contributed by atoms with E-state index in [1.165, 1.54) is 11.0 Å². The Morgan fingerprint density at radius 3 is 3.10 bits per heavy atom. The van der Waals surface area contributed by atoms with Gasteiger partial charge in [0.25, 0.3) is 5.56 Å². The molecule has 0 aliphatic heterocycles. The van der Waals surface area contributed by atoms with E-state index in [4.69, 9.17) is 6.42 Å². The average molecular weight is 337 g/mol. The number of hydrogen-bond donors (Lipinski definition) is 2. The van der Waals surface area contributed by atoms with Crippen LogP contribution in [0.3, 0.4) is 0 Å². The number of anilines is 1. The van der Waals surface area contributed by atoms with Gasteiger partial charge in [-0.2, -0.15) is 10.2 Å². The number of aryl methyl sites for hydroxylation is 1. The van der Waals surface area contributed by atoms with Crippen LogP contribution in [0.1, 0.15) is 12.2 Å². The van der Waals surface area contributed by atoms with Crippen LogP contribution in [0.4, 0.5) is 5.69 Å². The summed E-state index contributed by atoms with van der Waals surface area (Å²) in [6.07, 6.45) is 9.87. The molecule has 0 spiro atoms. The molecule has 0 saturated heterocycles. The zero-order chi connectivity index (χ0) is 14.4. The number of H-pyrrole nitrogens is 1. The van der Waals surface area contributed by atoms with Gasteiger partial charge in [0.15, 0.2) is 0 Å². The summed E-state index contributed by atoms with van der Waals surface area (Å²) in [5.41, 5.74) is 0.407. The Balaban J connectivity index is 1.92. The molecule has 2 heterocycles. The first-order chi connectivity index (χ1) is 9.72. The highest BCUT2D eigenvalue weighted by molar-refractivity contribution is 9.10. The van der Waals surface area contributed by atoms with E-state index < -0.39 is 0 Å². The highest BCUT2D eigenvalue weighted by Crippen LogP contribution is 2.15. The summed E-state index contributed by atoms with van der Waals surface area (Å²) in [7, 11) is 0. The van der Waals surface area contributed by atoms with Crippen LogP contribution in [0.15, 0.2) is 21.8 Å². The molecule has 0 aliphatic rings. The van der Waals surface area contributed by atoms with Crippen molar-refractivity contribution >= 4 is 21.6 Å². The van der Waals surface area contributed by atoms with Gasteiger partial charge in [-0.3, -0.25) is 9.89 Å². The molecule has 0 bridgehead atoms. The largest absolute Gasteiger partial charge is 0.383 e.